The first-order valence-electron chi connectivity index (χ1n) is 17.4. The minimum Gasteiger partial charge on any atom is -0.507 e. The zero-order valence-electron chi connectivity index (χ0n) is 29.3. The predicted octanol–water partition coefficient (Wildman–Crippen LogP) is 0.731. The fraction of sp³-hybridized carbons (Fsp3) is 0.225. The molecule has 4 aromatic rings. The standard InChI is InChI=1S/C40H34O17/c41-14-30-33(50)34(51)35(52)40(55-30)57-39-20-11-17(53-28-2-1-3-29(31(20)28)54-37(39)16-9-25(46)32(49)26(47)10-16)5-6-18-22(43)13-23(44)19-12-27(48)36(56-38(18)19)15-4-7-21(42)24(45)8-15/h1-11,13,27,30,33-36,40-41,48,50-52H,12,14H2,(H6-,42,43,44,45,46,47,49)/p+1/t27?,30-,33-,34+,35-,36?,40+/m1/s1. The van der Waals surface area contributed by atoms with E-state index in [1.165, 1.54) is 36.4 Å². The second kappa shape index (κ2) is 14.2. The summed E-state index contributed by atoms with van der Waals surface area (Å²) in [6.45, 7) is -0.756. The zero-order chi connectivity index (χ0) is 40.4. The summed E-state index contributed by atoms with van der Waals surface area (Å²) in [6.07, 6.45) is -8.04. The summed E-state index contributed by atoms with van der Waals surface area (Å²) in [5, 5.41) is 125. The van der Waals surface area contributed by atoms with Gasteiger partial charge in [-0.25, -0.2) is 4.42 Å². The molecule has 17 heteroatoms. The summed E-state index contributed by atoms with van der Waals surface area (Å²) >= 11 is 0. The highest BCUT2D eigenvalue weighted by Crippen LogP contribution is 2.49. The maximum absolute atomic E-state index is 11.0. The van der Waals surface area contributed by atoms with Gasteiger partial charge in [-0.15, -0.1) is 0 Å². The quantitative estimate of drug-likeness (QED) is 0.0818. The Kier molecular flexibility index (Phi) is 9.35. The molecule has 12 N–H and O–H groups in total. The molecule has 0 spiro atoms. The lowest BCUT2D eigenvalue weighted by atomic mass is 9.94. The molecule has 17 nitrogen and oxygen atoms in total. The van der Waals surface area contributed by atoms with E-state index in [4.69, 9.17) is 22.7 Å². The van der Waals surface area contributed by atoms with Crippen molar-refractivity contribution in [2.75, 3.05) is 6.61 Å². The van der Waals surface area contributed by atoms with Crippen molar-refractivity contribution < 1.29 is 79.6 Å². The molecule has 4 heterocycles. The number of phenols is 7. The number of rotatable bonds is 6. The van der Waals surface area contributed by atoms with Crippen molar-refractivity contribution in [2.45, 2.75) is 49.3 Å². The molecule has 2 unspecified atom stereocenters. The Morgan fingerprint density at radius 2 is 1.44 bits per heavy atom. The van der Waals surface area contributed by atoms with Gasteiger partial charge in [-0.2, -0.15) is 0 Å². The maximum atomic E-state index is 11.0. The van der Waals surface area contributed by atoms with E-state index in [1.54, 1.807) is 18.2 Å². The van der Waals surface area contributed by atoms with E-state index >= 15 is 0 Å². The molecule has 1 saturated heterocycles. The molecular formula is C40H35O17+. The third-order valence-electron chi connectivity index (χ3n) is 9.98. The molecule has 0 bridgehead atoms. The van der Waals surface area contributed by atoms with Crippen LogP contribution in [0.2, 0.25) is 0 Å². The molecule has 0 saturated carbocycles. The van der Waals surface area contributed by atoms with Crippen LogP contribution in [0.3, 0.4) is 0 Å². The van der Waals surface area contributed by atoms with Crippen LogP contribution < -0.4 is 20.8 Å². The first-order valence-corrected chi connectivity index (χ1v) is 17.4. The number of aromatic hydroxyl groups is 7. The van der Waals surface area contributed by atoms with Gasteiger partial charge in [0.1, 0.15) is 63.3 Å². The van der Waals surface area contributed by atoms with Gasteiger partial charge in [-0.1, -0.05) is 6.07 Å². The van der Waals surface area contributed by atoms with Crippen molar-refractivity contribution in [3.05, 3.63) is 92.3 Å². The Hall–Kier alpha value is -6.47. The SMILES string of the molecule is OC[C@H]1O[C@@H](Oc2c3cc(=CC=c4c(O)cc(O)c5c4=[O+]C(c4ccc(O)c(O)c4)C(O)C5)oc4cccc(oc2-c2cc(O)c(O)c(O)c2)c4-3)[C@H](O)[C@@H](O)[C@@H]1O. The number of hydrogen-bond donors (Lipinski definition) is 12. The lowest BCUT2D eigenvalue weighted by Crippen LogP contribution is -2.60. The molecule has 4 aromatic carbocycles. The number of hydrogen-bond acceptors (Lipinski definition) is 16. The number of ether oxygens (including phenoxy) is 2. The highest BCUT2D eigenvalue weighted by Gasteiger charge is 2.46. The smallest absolute Gasteiger partial charge is 0.362 e. The summed E-state index contributed by atoms with van der Waals surface area (Å²) < 4.78 is 30.4. The van der Waals surface area contributed by atoms with Crippen molar-refractivity contribution >= 4 is 23.3 Å². The lowest BCUT2D eigenvalue weighted by molar-refractivity contribution is -0.277. The van der Waals surface area contributed by atoms with Crippen molar-refractivity contribution in [1.29, 1.82) is 0 Å². The summed E-state index contributed by atoms with van der Waals surface area (Å²) in [4.78, 5) is 0. The van der Waals surface area contributed by atoms with Gasteiger partial charge in [0.15, 0.2) is 46.4 Å². The molecule has 8 rings (SSSR count). The summed E-state index contributed by atoms with van der Waals surface area (Å²) in [6, 6.07) is 13.4. The molecule has 1 fully saturated rings. The second-order valence-corrected chi connectivity index (χ2v) is 13.7. The minimum absolute atomic E-state index is 0.00481. The van der Waals surface area contributed by atoms with E-state index in [-0.39, 0.29) is 73.3 Å². The van der Waals surface area contributed by atoms with Gasteiger partial charge in [0, 0.05) is 23.6 Å². The molecule has 4 aliphatic rings. The molecule has 57 heavy (non-hydrogen) atoms. The van der Waals surface area contributed by atoms with Crippen molar-refractivity contribution in [1.82, 2.24) is 0 Å². The van der Waals surface area contributed by atoms with E-state index in [2.05, 4.69) is 0 Å². The van der Waals surface area contributed by atoms with Crippen LogP contribution in [0.5, 0.6) is 46.0 Å². The summed E-state index contributed by atoms with van der Waals surface area (Å²) in [5.74, 6) is -4.24. The van der Waals surface area contributed by atoms with E-state index in [1.807, 2.05) is 0 Å². The maximum Gasteiger partial charge on any atom is 0.362 e. The van der Waals surface area contributed by atoms with Crippen LogP contribution in [0.1, 0.15) is 17.2 Å². The molecule has 4 aliphatic heterocycles. The highest BCUT2D eigenvalue weighted by molar-refractivity contribution is 5.97. The van der Waals surface area contributed by atoms with Crippen LogP contribution in [0.25, 0.3) is 45.8 Å². The topological polar surface area (TPSA) is 299 Å². The van der Waals surface area contributed by atoms with Crippen LogP contribution in [0.15, 0.2) is 73.9 Å². The Morgan fingerprint density at radius 3 is 2.14 bits per heavy atom. The molecule has 0 aliphatic carbocycles. The fourth-order valence-electron chi connectivity index (χ4n) is 7.06. The predicted molar refractivity (Wildman–Crippen MR) is 196 cm³/mol. The highest BCUT2D eigenvalue weighted by atomic mass is 16.7. The van der Waals surface area contributed by atoms with E-state index in [0.29, 0.717) is 11.1 Å². The second-order valence-electron chi connectivity index (χ2n) is 13.7. The molecular weight excluding hydrogens is 752 g/mol. The number of fused-ring (bicyclic) bond motifs is 1. The van der Waals surface area contributed by atoms with Gasteiger partial charge in [0.25, 0.3) is 0 Å². The molecule has 7 atom stereocenters. The molecule has 0 amide bonds. The third-order valence-corrected chi connectivity index (χ3v) is 9.98. The third kappa shape index (κ3) is 6.47. The zero-order valence-corrected chi connectivity index (χ0v) is 29.3. The van der Waals surface area contributed by atoms with E-state index in [9.17, 15) is 61.3 Å². The van der Waals surface area contributed by atoms with Gasteiger partial charge in [0.05, 0.1) is 17.7 Å². The number of benzene rings is 4. The van der Waals surface area contributed by atoms with Crippen LogP contribution in [-0.4, -0.2) is 105 Å². The Bertz CT molecular complexity index is 2670. The fourth-order valence-corrected chi connectivity index (χ4v) is 7.06. The van der Waals surface area contributed by atoms with Gasteiger partial charge in [-0.05, 0) is 60.7 Å². The number of aliphatic hydroxyl groups excluding tert-OH is 5. The first kappa shape index (κ1) is 37.5. The Labute approximate surface area is 319 Å². The monoisotopic (exact) mass is 787 g/mol. The van der Waals surface area contributed by atoms with E-state index < -0.39 is 78.3 Å². The normalized spacial score (nSPS) is 24.1. The molecule has 0 aromatic heterocycles. The van der Waals surface area contributed by atoms with Crippen LogP contribution in [-0.2, 0) is 11.2 Å². The summed E-state index contributed by atoms with van der Waals surface area (Å²) in [5.41, 5.74) is 1.51. The van der Waals surface area contributed by atoms with Gasteiger partial charge < -0.3 is 79.6 Å². The summed E-state index contributed by atoms with van der Waals surface area (Å²) in [7, 11) is 0. The largest absolute Gasteiger partial charge is 0.507 e. The lowest BCUT2D eigenvalue weighted by Gasteiger charge is -2.40. The van der Waals surface area contributed by atoms with Crippen molar-refractivity contribution in [2.24, 2.45) is 0 Å². The molecule has 296 valence electrons. The first-order chi connectivity index (χ1) is 27.2. The average molecular weight is 788 g/mol. The molecule has 0 radical (unpaired) electrons. The van der Waals surface area contributed by atoms with Gasteiger partial charge in [-0.3, -0.25) is 0 Å². The van der Waals surface area contributed by atoms with Crippen molar-refractivity contribution in [3.8, 4) is 68.4 Å². The minimum atomic E-state index is -1.87. The van der Waals surface area contributed by atoms with E-state index in [0.717, 1.165) is 18.2 Å². The Morgan fingerprint density at radius 1 is 0.719 bits per heavy atom. The number of aliphatic hydroxyl groups is 5. The van der Waals surface area contributed by atoms with Gasteiger partial charge in [0.2, 0.25) is 6.29 Å². The van der Waals surface area contributed by atoms with Crippen LogP contribution >= 0.6 is 0 Å². The van der Waals surface area contributed by atoms with Crippen molar-refractivity contribution in [3.63, 3.8) is 0 Å². The van der Waals surface area contributed by atoms with Crippen LogP contribution in [0, 0.1) is 0 Å². The van der Waals surface area contributed by atoms with Gasteiger partial charge >= 0.3 is 11.5 Å². The number of phenolic OH excluding ortho intramolecular Hbond substituents is 7. The Balaban J connectivity index is 1.36. The average Bonchev–Trinajstić information content (AvgIpc) is 3.18. The van der Waals surface area contributed by atoms with Crippen LogP contribution in [0.4, 0.5) is 0 Å².